The van der Waals surface area contributed by atoms with Crippen molar-refractivity contribution in [2.24, 2.45) is 0 Å². The topological polar surface area (TPSA) is 78.7 Å². The molecule has 1 aliphatic heterocycles. The number of carbonyl (C=O) groups excluding carboxylic acids is 1. The maximum atomic E-state index is 12.8. The van der Waals surface area contributed by atoms with Crippen molar-refractivity contribution in [1.82, 2.24) is 10.2 Å². The molecule has 0 aromatic heterocycles. The summed E-state index contributed by atoms with van der Waals surface area (Å²) in [5, 5.41) is 14.2. The number of halogens is 3. The summed E-state index contributed by atoms with van der Waals surface area (Å²) in [6.07, 6.45) is -3.00. The summed E-state index contributed by atoms with van der Waals surface area (Å²) in [6, 6.07) is 2.42. The van der Waals surface area contributed by atoms with Crippen molar-refractivity contribution in [2.45, 2.75) is 38.9 Å². The van der Waals surface area contributed by atoms with E-state index in [1.54, 1.807) is 9.80 Å². The van der Waals surface area contributed by atoms with Crippen molar-refractivity contribution < 1.29 is 22.9 Å². The molecule has 0 bridgehead atoms. The van der Waals surface area contributed by atoms with E-state index in [-0.39, 0.29) is 17.8 Å². The van der Waals surface area contributed by atoms with E-state index in [1.165, 1.54) is 0 Å². The lowest BCUT2D eigenvalue weighted by molar-refractivity contribution is -0.384. The van der Waals surface area contributed by atoms with Crippen molar-refractivity contribution in [1.29, 1.82) is 0 Å². The number of rotatable bonds is 5. The number of nitrogens with one attached hydrogen (secondary N) is 1. The van der Waals surface area contributed by atoms with Gasteiger partial charge in [-0.25, -0.2) is 4.79 Å². The third-order valence-electron chi connectivity index (χ3n) is 4.72. The van der Waals surface area contributed by atoms with Crippen LogP contribution in [-0.4, -0.2) is 48.1 Å². The lowest BCUT2D eigenvalue weighted by Gasteiger charge is -2.36. The molecule has 27 heavy (non-hydrogen) atoms. The predicted octanol–water partition coefficient (Wildman–Crippen LogP) is 3.63. The third-order valence-corrected chi connectivity index (χ3v) is 4.72. The van der Waals surface area contributed by atoms with Crippen LogP contribution < -0.4 is 10.2 Å². The molecule has 1 aliphatic rings. The number of amides is 2. The van der Waals surface area contributed by atoms with E-state index in [2.05, 4.69) is 5.32 Å². The minimum Gasteiger partial charge on any atom is -0.362 e. The summed E-state index contributed by atoms with van der Waals surface area (Å²) >= 11 is 0. The summed E-state index contributed by atoms with van der Waals surface area (Å²) in [5.41, 5.74) is -1.51. The molecule has 1 fully saturated rings. The van der Waals surface area contributed by atoms with Crippen molar-refractivity contribution in [2.75, 3.05) is 31.1 Å². The number of anilines is 1. The second kappa shape index (κ2) is 8.45. The first-order valence-electron chi connectivity index (χ1n) is 8.83. The van der Waals surface area contributed by atoms with Crippen molar-refractivity contribution in [3.8, 4) is 0 Å². The van der Waals surface area contributed by atoms with Crippen molar-refractivity contribution >= 4 is 17.4 Å². The van der Waals surface area contributed by atoms with Gasteiger partial charge in [-0.15, -0.1) is 0 Å². The minimum absolute atomic E-state index is 0.0894. The van der Waals surface area contributed by atoms with E-state index < -0.39 is 22.4 Å². The fraction of sp³-hybridized carbons (Fsp3) is 0.588. The van der Waals surface area contributed by atoms with Gasteiger partial charge in [-0.05, 0) is 25.0 Å². The molecule has 1 saturated heterocycles. The number of carbonyl (C=O) groups is 1. The molecule has 1 heterocycles. The number of alkyl halides is 3. The van der Waals surface area contributed by atoms with E-state index in [4.69, 9.17) is 0 Å². The molecule has 150 valence electrons. The molecule has 0 saturated carbocycles. The smallest absolute Gasteiger partial charge is 0.362 e. The number of piperazine rings is 1. The van der Waals surface area contributed by atoms with E-state index >= 15 is 0 Å². The Morgan fingerprint density at radius 1 is 1.22 bits per heavy atom. The number of hydrogen-bond donors (Lipinski definition) is 1. The Bertz CT molecular complexity index is 684. The Kier molecular flexibility index (Phi) is 6.50. The highest BCUT2D eigenvalue weighted by Crippen LogP contribution is 2.36. The first-order chi connectivity index (χ1) is 12.7. The average molecular weight is 388 g/mol. The van der Waals surface area contributed by atoms with Gasteiger partial charge in [0.1, 0.15) is 5.69 Å². The molecule has 0 spiro atoms. The van der Waals surface area contributed by atoms with Crippen LogP contribution >= 0.6 is 0 Å². The monoisotopic (exact) mass is 388 g/mol. The number of nitro groups is 1. The SMILES string of the molecule is CCC(CC)NC(=O)N1CCN(c2ccc(C(F)(F)F)cc2[N+](=O)[O-])CC1. The summed E-state index contributed by atoms with van der Waals surface area (Å²) in [5.74, 6) is 0. The lowest BCUT2D eigenvalue weighted by atomic mass is 10.1. The summed E-state index contributed by atoms with van der Waals surface area (Å²) in [4.78, 5) is 25.9. The van der Waals surface area contributed by atoms with E-state index in [1.807, 2.05) is 13.8 Å². The number of nitro benzene ring substituents is 1. The van der Waals surface area contributed by atoms with Crippen LogP contribution in [0.15, 0.2) is 18.2 Å². The van der Waals surface area contributed by atoms with Crippen LogP contribution in [0, 0.1) is 10.1 Å². The highest BCUT2D eigenvalue weighted by atomic mass is 19.4. The molecule has 10 heteroatoms. The highest BCUT2D eigenvalue weighted by molar-refractivity contribution is 5.75. The standard InChI is InChI=1S/C17H23F3N4O3/c1-3-13(4-2)21-16(25)23-9-7-22(8-10-23)14-6-5-12(17(18,19)20)11-15(14)24(26)27/h5-6,11,13H,3-4,7-10H2,1-2H3,(H,21,25). The second-order valence-corrected chi connectivity index (χ2v) is 6.40. The Morgan fingerprint density at radius 3 is 2.30 bits per heavy atom. The molecular formula is C17H23F3N4O3. The molecule has 1 aromatic carbocycles. The van der Waals surface area contributed by atoms with Gasteiger partial charge in [0, 0.05) is 38.3 Å². The van der Waals surface area contributed by atoms with Crippen LogP contribution in [0.4, 0.5) is 29.3 Å². The van der Waals surface area contributed by atoms with Gasteiger partial charge in [0.15, 0.2) is 0 Å². The first kappa shape index (κ1) is 20.8. The zero-order valence-electron chi connectivity index (χ0n) is 15.3. The average Bonchev–Trinajstić information content (AvgIpc) is 2.64. The lowest BCUT2D eigenvalue weighted by Crippen LogP contribution is -2.53. The minimum atomic E-state index is -4.64. The normalized spacial score (nSPS) is 15.2. The Morgan fingerprint density at radius 2 is 1.81 bits per heavy atom. The van der Waals surface area contributed by atoms with Gasteiger partial charge >= 0.3 is 12.2 Å². The fourth-order valence-electron chi connectivity index (χ4n) is 3.02. The molecule has 0 unspecified atom stereocenters. The third kappa shape index (κ3) is 5.01. The quantitative estimate of drug-likeness (QED) is 0.617. The Balaban J connectivity index is 2.09. The van der Waals surface area contributed by atoms with Gasteiger partial charge in [-0.1, -0.05) is 13.8 Å². The molecule has 0 aliphatic carbocycles. The van der Waals surface area contributed by atoms with Crippen LogP contribution in [0.2, 0.25) is 0 Å². The Hall–Kier alpha value is -2.52. The Labute approximate surface area is 155 Å². The van der Waals surface area contributed by atoms with Crippen molar-refractivity contribution in [3.63, 3.8) is 0 Å². The maximum Gasteiger partial charge on any atom is 0.416 e. The molecule has 1 aromatic rings. The van der Waals surface area contributed by atoms with Crippen LogP contribution in [0.3, 0.4) is 0 Å². The van der Waals surface area contributed by atoms with Crippen molar-refractivity contribution in [3.05, 3.63) is 33.9 Å². The predicted molar refractivity (Wildman–Crippen MR) is 94.8 cm³/mol. The molecule has 7 nitrogen and oxygen atoms in total. The van der Waals surface area contributed by atoms with Gasteiger partial charge in [0.25, 0.3) is 5.69 Å². The number of urea groups is 1. The first-order valence-corrected chi connectivity index (χ1v) is 8.83. The molecular weight excluding hydrogens is 365 g/mol. The van der Waals surface area contributed by atoms with Crippen LogP contribution in [0.25, 0.3) is 0 Å². The number of nitrogens with zero attached hydrogens (tertiary/aromatic N) is 3. The molecule has 1 N–H and O–H groups in total. The van der Waals surface area contributed by atoms with Gasteiger partial charge in [-0.3, -0.25) is 10.1 Å². The number of benzene rings is 1. The van der Waals surface area contributed by atoms with Crippen LogP contribution in [0.1, 0.15) is 32.3 Å². The largest absolute Gasteiger partial charge is 0.416 e. The fourth-order valence-corrected chi connectivity index (χ4v) is 3.02. The molecule has 0 atom stereocenters. The van der Waals surface area contributed by atoms with Gasteiger partial charge in [-0.2, -0.15) is 13.2 Å². The zero-order valence-corrected chi connectivity index (χ0v) is 15.3. The summed E-state index contributed by atoms with van der Waals surface area (Å²) < 4.78 is 38.5. The maximum absolute atomic E-state index is 12.8. The van der Waals surface area contributed by atoms with Crippen LogP contribution in [0.5, 0.6) is 0 Å². The number of hydrogen-bond acceptors (Lipinski definition) is 4. The molecule has 2 rings (SSSR count). The second-order valence-electron chi connectivity index (χ2n) is 6.40. The zero-order chi connectivity index (χ0) is 20.2. The molecule has 0 radical (unpaired) electrons. The van der Waals surface area contributed by atoms with E-state index in [9.17, 15) is 28.1 Å². The van der Waals surface area contributed by atoms with E-state index in [0.717, 1.165) is 25.0 Å². The highest BCUT2D eigenvalue weighted by Gasteiger charge is 2.34. The van der Waals surface area contributed by atoms with Gasteiger partial charge < -0.3 is 15.1 Å². The van der Waals surface area contributed by atoms with Gasteiger partial charge in [0.2, 0.25) is 0 Å². The van der Waals surface area contributed by atoms with E-state index in [0.29, 0.717) is 32.2 Å². The summed E-state index contributed by atoms with van der Waals surface area (Å²) in [7, 11) is 0. The summed E-state index contributed by atoms with van der Waals surface area (Å²) in [6.45, 7) is 5.26. The van der Waals surface area contributed by atoms with Crippen LogP contribution in [-0.2, 0) is 6.18 Å². The van der Waals surface area contributed by atoms with Gasteiger partial charge in [0.05, 0.1) is 10.5 Å². The molecule has 2 amide bonds.